The minimum absolute atomic E-state index is 0.129. The molecule has 0 radical (unpaired) electrons. The van der Waals surface area contributed by atoms with Gasteiger partial charge in [-0.1, -0.05) is 6.92 Å². The molecule has 0 aliphatic heterocycles. The lowest BCUT2D eigenvalue weighted by Crippen LogP contribution is -2.07. The van der Waals surface area contributed by atoms with Gasteiger partial charge in [0, 0.05) is 19.4 Å². The Morgan fingerprint density at radius 2 is 2.18 bits per heavy atom. The molecule has 7 nitrogen and oxygen atoms in total. The van der Waals surface area contributed by atoms with Crippen molar-refractivity contribution in [3.8, 4) is 17.7 Å². The Hall–Kier alpha value is -2.18. The van der Waals surface area contributed by atoms with E-state index in [9.17, 15) is 0 Å². The summed E-state index contributed by atoms with van der Waals surface area (Å²) < 4.78 is 7.14. The second kappa shape index (κ2) is 4.77. The van der Waals surface area contributed by atoms with Crippen LogP contribution in [0.1, 0.15) is 13.3 Å². The Balaban J connectivity index is 2.35. The normalized spacial score (nSPS) is 10.5. The van der Waals surface area contributed by atoms with E-state index < -0.39 is 0 Å². The average molecular weight is 234 g/mol. The van der Waals surface area contributed by atoms with E-state index in [1.54, 1.807) is 10.8 Å². The van der Waals surface area contributed by atoms with Gasteiger partial charge in [0.05, 0.1) is 6.61 Å². The van der Waals surface area contributed by atoms with Crippen LogP contribution in [0.2, 0.25) is 0 Å². The van der Waals surface area contributed by atoms with Crippen LogP contribution in [0.25, 0.3) is 11.6 Å². The Kier molecular flexibility index (Phi) is 3.17. The highest BCUT2D eigenvalue weighted by molar-refractivity contribution is 5.46. The van der Waals surface area contributed by atoms with Crippen LogP contribution in [0.5, 0.6) is 6.01 Å². The molecule has 2 aromatic rings. The molecule has 0 saturated carbocycles. The van der Waals surface area contributed by atoms with Crippen molar-refractivity contribution in [1.29, 1.82) is 0 Å². The Morgan fingerprint density at radius 1 is 1.35 bits per heavy atom. The predicted molar refractivity (Wildman–Crippen MR) is 62.2 cm³/mol. The molecule has 0 spiro atoms. The van der Waals surface area contributed by atoms with E-state index in [0.717, 1.165) is 6.42 Å². The molecule has 0 unspecified atom stereocenters. The van der Waals surface area contributed by atoms with Gasteiger partial charge in [-0.05, 0) is 6.42 Å². The molecule has 0 bridgehead atoms. The standard InChI is InChI=1S/C10H14N6O/c1-3-6-17-10-14-7(13-9(11)15-10)8-12-4-5-16(8)2/h4-5H,3,6H2,1-2H3,(H2,11,13,14,15). The molecule has 0 saturated heterocycles. The van der Waals surface area contributed by atoms with Crippen molar-refractivity contribution in [3.63, 3.8) is 0 Å². The molecule has 2 aromatic heterocycles. The molecule has 0 atom stereocenters. The highest BCUT2D eigenvalue weighted by Gasteiger charge is 2.11. The van der Waals surface area contributed by atoms with Crippen molar-refractivity contribution in [2.24, 2.45) is 7.05 Å². The number of hydrogen-bond acceptors (Lipinski definition) is 6. The maximum Gasteiger partial charge on any atom is 0.321 e. The molecule has 17 heavy (non-hydrogen) atoms. The fraction of sp³-hybridized carbons (Fsp3) is 0.400. The molecular weight excluding hydrogens is 220 g/mol. The highest BCUT2D eigenvalue weighted by atomic mass is 16.5. The summed E-state index contributed by atoms with van der Waals surface area (Å²) in [6, 6.07) is 0.234. The lowest BCUT2D eigenvalue weighted by Gasteiger charge is -2.05. The molecule has 90 valence electrons. The maximum atomic E-state index is 5.61. The molecule has 2 N–H and O–H groups in total. The third-order valence-electron chi connectivity index (χ3n) is 2.09. The number of anilines is 1. The van der Waals surface area contributed by atoms with Gasteiger partial charge in [-0.2, -0.15) is 15.0 Å². The second-order valence-corrected chi connectivity index (χ2v) is 3.51. The van der Waals surface area contributed by atoms with E-state index in [1.165, 1.54) is 0 Å². The predicted octanol–water partition coefficient (Wildman–Crippen LogP) is 0.643. The SMILES string of the molecule is CCCOc1nc(N)nc(-c2nccn2C)n1. The first-order chi connectivity index (χ1) is 8.20. The van der Waals surface area contributed by atoms with E-state index in [4.69, 9.17) is 10.5 Å². The summed E-state index contributed by atoms with van der Waals surface area (Å²) in [6.07, 6.45) is 4.35. The van der Waals surface area contributed by atoms with Crippen LogP contribution in [0.4, 0.5) is 5.95 Å². The lowest BCUT2D eigenvalue weighted by molar-refractivity contribution is 0.292. The number of aromatic nitrogens is 5. The Labute approximate surface area is 98.7 Å². The van der Waals surface area contributed by atoms with Gasteiger partial charge >= 0.3 is 6.01 Å². The third kappa shape index (κ3) is 2.49. The summed E-state index contributed by atoms with van der Waals surface area (Å²) in [5.41, 5.74) is 5.61. The van der Waals surface area contributed by atoms with Crippen molar-refractivity contribution in [1.82, 2.24) is 24.5 Å². The smallest absolute Gasteiger partial charge is 0.321 e. The summed E-state index contributed by atoms with van der Waals surface area (Å²) in [5, 5.41) is 0. The zero-order chi connectivity index (χ0) is 12.3. The van der Waals surface area contributed by atoms with Crippen molar-refractivity contribution < 1.29 is 4.74 Å². The zero-order valence-electron chi connectivity index (χ0n) is 9.79. The van der Waals surface area contributed by atoms with Crippen LogP contribution in [0.15, 0.2) is 12.4 Å². The molecule has 0 aliphatic carbocycles. The minimum atomic E-state index is 0.129. The lowest BCUT2D eigenvalue weighted by atomic mass is 10.5. The summed E-state index contributed by atoms with van der Waals surface area (Å²) in [6.45, 7) is 2.55. The number of nitrogens with zero attached hydrogens (tertiary/aromatic N) is 5. The van der Waals surface area contributed by atoms with Gasteiger partial charge in [-0.3, -0.25) is 0 Å². The number of aryl methyl sites for hydroxylation is 1. The topological polar surface area (TPSA) is 91.7 Å². The maximum absolute atomic E-state index is 5.61. The molecule has 0 aliphatic rings. The number of rotatable bonds is 4. The zero-order valence-corrected chi connectivity index (χ0v) is 9.79. The molecule has 0 fully saturated rings. The first-order valence-electron chi connectivity index (χ1n) is 5.32. The average Bonchev–Trinajstić information content (AvgIpc) is 2.72. The molecule has 2 rings (SSSR count). The summed E-state index contributed by atoms with van der Waals surface area (Å²) in [5.74, 6) is 1.17. The molecule has 7 heteroatoms. The van der Waals surface area contributed by atoms with Gasteiger partial charge in [0.1, 0.15) is 0 Å². The van der Waals surface area contributed by atoms with Crippen molar-refractivity contribution >= 4 is 5.95 Å². The minimum Gasteiger partial charge on any atom is -0.463 e. The number of ether oxygens (including phenoxy) is 1. The summed E-state index contributed by atoms with van der Waals surface area (Å²) in [7, 11) is 1.86. The van der Waals surface area contributed by atoms with Gasteiger partial charge in [0.2, 0.25) is 11.8 Å². The van der Waals surface area contributed by atoms with Crippen LogP contribution < -0.4 is 10.5 Å². The van der Waals surface area contributed by atoms with Gasteiger partial charge in [0.15, 0.2) is 5.82 Å². The molecule has 0 amide bonds. The number of imidazole rings is 1. The monoisotopic (exact) mass is 234 g/mol. The van der Waals surface area contributed by atoms with Gasteiger partial charge in [-0.15, -0.1) is 0 Å². The quantitative estimate of drug-likeness (QED) is 0.834. The molecule has 0 aromatic carbocycles. The van der Waals surface area contributed by atoms with Gasteiger partial charge in [0.25, 0.3) is 0 Å². The first-order valence-corrected chi connectivity index (χ1v) is 5.32. The summed E-state index contributed by atoms with van der Waals surface area (Å²) >= 11 is 0. The first kappa shape index (κ1) is 11.3. The van der Waals surface area contributed by atoms with E-state index in [2.05, 4.69) is 19.9 Å². The number of nitrogen functional groups attached to an aromatic ring is 1. The highest BCUT2D eigenvalue weighted by Crippen LogP contribution is 2.15. The van der Waals surface area contributed by atoms with Crippen LogP contribution in [0, 0.1) is 0 Å². The van der Waals surface area contributed by atoms with Gasteiger partial charge < -0.3 is 15.0 Å². The third-order valence-corrected chi connectivity index (χ3v) is 2.09. The van der Waals surface area contributed by atoms with E-state index >= 15 is 0 Å². The van der Waals surface area contributed by atoms with Crippen molar-refractivity contribution in [2.45, 2.75) is 13.3 Å². The van der Waals surface area contributed by atoms with E-state index in [0.29, 0.717) is 18.3 Å². The fourth-order valence-corrected chi connectivity index (χ4v) is 1.31. The molecular formula is C10H14N6O. The Morgan fingerprint density at radius 3 is 2.82 bits per heavy atom. The van der Waals surface area contributed by atoms with Crippen molar-refractivity contribution in [2.75, 3.05) is 12.3 Å². The van der Waals surface area contributed by atoms with Crippen molar-refractivity contribution in [3.05, 3.63) is 12.4 Å². The fourth-order valence-electron chi connectivity index (χ4n) is 1.31. The van der Waals surface area contributed by atoms with Crippen LogP contribution in [-0.2, 0) is 7.05 Å². The number of hydrogen-bond donors (Lipinski definition) is 1. The van der Waals surface area contributed by atoms with Crippen LogP contribution in [-0.4, -0.2) is 31.1 Å². The Bertz CT molecular complexity index is 509. The largest absolute Gasteiger partial charge is 0.463 e. The van der Waals surface area contributed by atoms with Gasteiger partial charge in [-0.25, -0.2) is 4.98 Å². The van der Waals surface area contributed by atoms with Crippen LogP contribution in [0.3, 0.4) is 0 Å². The van der Waals surface area contributed by atoms with E-state index in [1.807, 2.05) is 20.2 Å². The van der Waals surface area contributed by atoms with Crippen LogP contribution >= 0.6 is 0 Å². The number of nitrogens with two attached hydrogens (primary N) is 1. The van der Waals surface area contributed by atoms with E-state index in [-0.39, 0.29) is 12.0 Å². The summed E-state index contributed by atoms with van der Waals surface area (Å²) in [4.78, 5) is 16.3. The molecule has 2 heterocycles. The second-order valence-electron chi connectivity index (χ2n) is 3.51.